The molecule has 0 aliphatic carbocycles. The Morgan fingerprint density at radius 2 is 2.08 bits per heavy atom. The highest BCUT2D eigenvalue weighted by atomic mass is 16.4. The summed E-state index contributed by atoms with van der Waals surface area (Å²) in [7, 11) is 0. The highest BCUT2D eigenvalue weighted by Crippen LogP contribution is 2.35. The third kappa shape index (κ3) is 2.58. The normalized spacial score (nSPS) is 16.9. The number of aryl methyl sites for hydroxylation is 1. The number of hydrogen-bond donors (Lipinski definition) is 0. The largest absolute Gasteiger partial charge is 0.419 e. The fourth-order valence-corrected chi connectivity index (χ4v) is 3.12. The molecule has 3 aromatic rings. The Labute approximate surface area is 139 Å². The fraction of sp³-hybridized carbons (Fsp3) is 0.438. The van der Waals surface area contributed by atoms with E-state index in [1.54, 1.807) is 12.5 Å². The molecule has 0 atom stereocenters. The minimum atomic E-state index is -0.128. The predicted molar refractivity (Wildman–Crippen MR) is 85.9 cm³/mol. The van der Waals surface area contributed by atoms with Crippen LogP contribution in [0.2, 0.25) is 0 Å². The maximum atomic E-state index is 5.86. The van der Waals surface area contributed by atoms with E-state index in [-0.39, 0.29) is 5.41 Å². The maximum Gasteiger partial charge on any atom is 0.266 e. The van der Waals surface area contributed by atoms with Crippen LogP contribution in [-0.4, -0.2) is 47.9 Å². The quantitative estimate of drug-likeness (QED) is 0.703. The van der Waals surface area contributed by atoms with Gasteiger partial charge in [0.05, 0.1) is 12.0 Å². The second kappa shape index (κ2) is 5.79. The van der Waals surface area contributed by atoms with E-state index in [0.29, 0.717) is 17.5 Å². The van der Waals surface area contributed by atoms with Crippen molar-refractivity contribution < 1.29 is 4.42 Å². The van der Waals surface area contributed by atoms with Gasteiger partial charge >= 0.3 is 0 Å². The number of hydrogen-bond acceptors (Lipinski definition) is 7. The van der Waals surface area contributed by atoms with Gasteiger partial charge in [-0.25, -0.2) is 9.67 Å². The Bertz CT molecular complexity index is 820. The van der Waals surface area contributed by atoms with Crippen molar-refractivity contribution in [1.82, 2.24) is 34.8 Å². The van der Waals surface area contributed by atoms with Gasteiger partial charge in [-0.15, -0.1) is 10.2 Å². The van der Waals surface area contributed by atoms with Crippen LogP contribution in [0.25, 0.3) is 11.6 Å². The smallest absolute Gasteiger partial charge is 0.266 e. The third-order valence-electron chi connectivity index (χ3n) is 4.33. The molecule has 4 rings (SSSR count). The molecule has 24 heavy (non-hydrogen) atoms. The van der Waals surface area contributed by atoms with E-state index in [2.05, 4.69) is 44.0 Å². The minimum Gasteiger partial charge on any atom is -0.419 e. The van der Waals surface area contributed by atoms with Gasteiger partial charge in [0, 0.05) is 25.8 Å². The molecule has 1 aliphatic rings. The summed E-state index contributed by atoms with van der Waals surface area (Å²) in [6.07, 6.45) is 3.32. The summed E-state index contributed by atoms with van der Waals surface area (Å²) < 4.78 is 7.78. The summed E-state index contributed by atoms with van der Waals surface area (Å²) in [5.41, 5.74) is 0.573. The summed E-state index contributed by atoms with van der Waals surface area (Å²) >= 11 is 0. The van der Waals surface area contributed by atoms with Crippen molar-refractivity contribution >= 4 is 0 Å². The molecule has 8 nitrogen and oxygen atoms in total. The number of pyridine rings is 1. The lowest BCUT2D eigenvalue weighted by Crippen LogP contribution is -2.57. The van der Waals surface area contributed by atoms with Crippen LogP contribution in [0.4, 0.5) is 0 Å². The summed E-state index contributed by atoms with van der Waals surface area (Å²) in [5.74, 6) is 2.12. The van der Waals surface area contributed by atoms with E-state index in [9.17, 15) is 0 Å². The molecular weight excluding hydrogens is 306 g/mol. The molecule has 0 bridgehead atoms. The molecule has 1 fully saturated rings. The van der Waals surface area contributed by atoms with Crippen molar-refractivity contribution in [3.63, 3.8) is 0 Å². The monoisotopic (exact) mass is 325 g/mol. The van der Waals surface area contributed by atoms with E-state index in [4.69, 9.17) is 4.42 Å². The van der Waals surface area contributed by atoms with Gasteiger partial charge in [0.15, 0.2) is 0 Å². The molecule has 0 radical (unpaired) electrons. The highest BCUT2D eigenvalue weighted by Gasteiger charge is 2.45. The predicted octanol–water partition coefficient (Wildman–Crippen LogP) is 1.52. The van der Waals surface area contributed by atoms with Gasteiger partial charge in [-0.1, -0.05) is 6.07 Å². The van der Waals surface area contributed by atoms with Crippen LogP contribution in [0.15, 0.2) is 35.1 Å². The van der Waals surface area contributed by atoms with Gasteiger partial charge < -0.3 is 4.42 Å². The molecule has 124 valence electrons. The molecule has 0 amide bonds. The van der Waals surface area contributed by atoms with Crippen molar-refractivity contribution in [2.75, 3.05) is 13.1 Å². The molecule has 0 aromatic carbocycles. The summed E-state index contributed by atoms with van der Waals surface area (Å²) in [4.78, 5) is 10.9. The first-order valence-electron chi connectivity index (χ1n) is 8.02. The summed E-state index contributed by atoms with van der Waals surface area (Å²) in [6, 6.07) is 5.63. The molecular formula is C16H19N7O. The first-order chi connectivity index (χ1) is 11.7. The van der Waals surface area contributed by atoms with E-state index in [1.165, 1.54) is 0 Å². The second-order valence-electron chi connectivity index (χ2n) is 6.33. The molecule has 1 saturated heterocycles. The molecule has 0 spiro atoms. The summed E-state index contributed by atoms with van der Waals surface area (Å²) in [6.45, 7) is 7.53. The Hall–Kier alpha value is -2.61. The van der Waals surface area contributed by atoms with Crippen LogP contribution < -0.4 is 0 Å². The molecule has 0 saturated carbocycles. The Kier molecular flexibility index (Phi) is 3.61. The van der Waals surface area contributed by atoms with Crippen LogP contribution in [-0.2, 0) is 18.5 Å². The SMILES string of the molecule is CCn1ncnc1CN1CC(C)(c2nnc(-c3ccccn3)o2)C1. The zero-order chi connectivity index (χ0) is 16.6. The lowest BCUT2D eigenvalue weighted by molar-refractivity contribution is 0.0478. The van der Waals surface area contributed by atoms with Gasteiger partial charge in [0.1, 0.15) is 17.8 Å². The molecule has 0 unspecified atom stereocenters. The first kappa shape index (κ1) is 14.9. The van der Waals surface area contributed by atoms with Crippen LogP contribution >= 0.6 is 0 Å². The van der Waals surface area contributed by atoms with Crippen LogP contribution in [0, 0.1) is 0 Å². The highest BCUT2D eigenvalue weighted by molar-refractivity contribution is 5.45. The van der Waals surface area contributed by atoms with Crippen molar-refractivity contribution in [3.05, 3.63) is 42.4 Å². The van der Waals surface area contributed by atoms with Crippen molar-refractivity contribution in [3.8, 4) is 11.6 Å². The van der Waals surface area contributed by atoms with Gasteiger partial charge in [0.2, 0.25) is 5.89 Å². The first-order valence-corrected chi connectivity index (χ1v) is 8.02. The maximum absolute atomic E-state index is 5.86. The van der Waals surface area contributed by atoms with Crippen LogP contribution in [0.3, 0.4) is 0 Å². The van der Waals surface area contributed by atoms with E-state index in [0.717, 1.165) is 32.0 Å². The number of rotatable bonds is 5. The Morgan fingerprint density at radius 3 is 2.83 bits per heavy atom. The average Bonchev–Trinajstić information content (AvgIpc) is 3.23. The average molecular weight is 325 g/mol. The van der Waals surface area contributed by atoms with Crippen molar-refractivity contribution in [2.24, 2.45) is 0 Å². The minimum absolute atomic E-state index is 0.128. The van der Waals surface area contributed by atoms with Gasteiger partial charge in [-0.3, -0.25) is 9.88 Å². The van der Waals surface area contributed by atoms with Crippen LogP contribution in [0.5, 0.6) is 0 Å². The molecule has 3 aromatic heterocycles. The number of aromatic nitrogens is 6. The molecule has 4 heterocycles. The molecule has 1 aliphatic heterocycles. The zero-order valence-electron chi connectivity index (χ0n) is 13.8. The Morgan fingerprint density at radius 1 is 1.21 bits per heavy atom. The third-order valence-corrected chi connectivity index (χ3v) is 4.33. The van der Waals surface area contributed by atoms with Gasteiger partial charge in [-0.05, 0) is 26.0 Å². The lowest BCUT2D eigenvalue weighted by Gasteiger charge is -2.45. The van der Waals surface area contributed by atoms with Crippen molar-refractivity contribution in [2.45, 2.75) is 32.4 Å². The standard InChI is InChI=1S/C16H19N7O/c1-3-23-13(18-11-19-23)8-22-9-16(2,10-22)15-21-20-14(24-15)12-6-4-5-7-17-12/h4-7,11H,3,8-10H2,1-2H3. The Balaban J connectivity index is 1.44. The zero-order valence-corrected chi connectivity index (χ0v) is 13.8. The molecule has 0 N–H and O–H groups in total. The van der Waals surface area contributed by atoms with Gasteiger partial charge in [-0.2, -0.15) is 5.10 Å². The number of likely N-dealkylation sites (tertiary alicyclic amines) is 1. The summed E-state index contributed by atoms with van der Waals surface area (Å²) in [5, 5.41) is 12.6. The van der Waals surface area contributed by atoms with Gasteiger partial charge in [0.25, 0.3) is 5.89 Å². The number of nitrogens with zero attached hydrogens (tertiary/aromatic N) is 7. The van der Waals surface area contributed by atoms with E-state index in [1.807, 2.05) is 22.9 Å². The van der Waals surface area contributed by atoms with Crippen molar-refractivity contribution in [1.29, 1.82) is 0 Å². The van der Waals surface area contributed by atoms with Crippen LogP contribution in [0.1, 0.15) is 25.6 Å². The second-order valence-corrected chi connectivity index (χ2v) is 6.33. The van der Waals surface area contributed by atoms with E-state index >= 15 is 0 Å². The molecule has 8 heteroatoms. The fourth-order valence-electron chi connectivity index (χ4n) is 3.12. The van der Waals surface area contributed by atoms with E-state index < -0.39 is 0 Å². The lowest BCUT2D eigenvalue weighted by atomic mass is 9.82. The topological polar surface area (TPSA) is 85.8 Å².